The molecular weight excluding hydrogens is 440 g/mol. The van der Waals surface area contributed by atoms with E-state index in [1.165, 1.54) is 11.1 Å². The van der Waals surface area contributed by atoms with Crippen molar-refractivity contribution in [2.75, 3.05) is 10.6 Å². The van der Waals surface area contributed by atoms with Gasteiger partial charge in [0.25, 0.3) is 0 Å². The van der Waals surface area contributed by atoms with Crippen LogP contribution in [0.1, 0.15) is 28.1 Å². The topological polar surface area (TPSA) is 59.7 Å². The Morgan fingerprint density at radius 2 is 1.78 bits per heavy atom. The van der Waals surface area contributed by atoms with Crippen LogP contribution in [0.5, 0.6) is 0 Å². The first kappa shape index (κ1) is 22.0. The molecule has 4 rings (SSSR count). The first-order valence-electron chi connectivity index (χ1n) is 10.3. The van der Waals surface area contributed by atoms with Crippen LogP contribution in [0.25, 0.3) is 0 Å². The van der Waals surface area contributed by atoms with E-state index in [4.69, 9.17) is 23.8 Å². The molecule has 6 nitrogen and oxygen atoms in total. The van der Waals surface area contributed by atoms with Gasteiger partial charge in [0.05, 0.1) is 42.0 Å². The fraction of sp³-hybridized carbons (Fsp3) is 0.208. The standard InChI is InChI=1S/C24H25ClN6S/c1-16-7-9-19(10-8-16)14-31-18(3)23(17(2)29-31)28-24(32)27-22-12-26-30(15-22)13-20-5-4-6-21(25)11-20/h4-12,15H,13-14H2,1-3H3,(H2,27,28,32). The Kier molecular flexibility index (Phi) is 6.58. The Morgan fingerprint density at radius 3 is 2.53 bits per heavy atom. The van der Waals surface area contributed by atoms with Crippen LogP contribution in [0.4, 0.5) is 11.4 Å². The van der Waals surface area contributed by atoms with E-state index in [1.54, 1.807) is 6.20 Å². The molecule has 2 aromatic carbocycles. The second-order valence-corrected chi connectivity index (χ2v) is 8.67. The molecule has 2 aromatic heterocycles. The largest absolute Gasteiger partial charge is 0.330 e. The van der Waals surface area contributed by atoms with Crippen molar-refractivity contribution in [1.29, 1.82) is 0 Å². The molecule has 0 aliphatic rings. The van der Waals surface area contributed by atoms with Crippen LogP contribution in [-0.2, 0) is 13.1 Å². The minimum Gasteiger partial charge on any atom is -0.330 e. The van der Waals surface area contributed by atoms with E-state index in [1.807, 2.05) is 53.7 Å². The molecular formula is C24H25ClN6S. The zero-order valence-electron chi connectivity index (χ0n) is 18.3. The van der Waals surface area contributed by atoms with Gasteiger partial charge in [-0.25, -0.2) is 0 Å². The Hall–Kier alpha value is -3.16. The number of anilines is 2. The number of aryl methyl sites for hydroxylation is 2. The van der Waals surface area contributed by atoms with Crippen LogP contribution in [0.2, 0.25) is 5.02 Å². The highest BCUT2D eigenvalue weighted by Gasteiger charge is 2.13. The molecule has 2 N–H and O–H groups in total. The molecule has 0 saturated heterocycles. The molecule has 0 bridgehead atoms. The van der Waals surface area contributed by atoms with E-state index >= 15 is 0 Å². The van der Waals surface area contributed by atoms with E-state index in [-0.39, 0.29) is 0 Å². The highest BCUT2D eigenvalue weighted by Crippen LogP contribution is 2.21. The van der Waals surface area contributed by atoms with Crippen molar-refractivity contribution in [3.63, 3.8) is 0 Å². The predicted molar refractivity (Wildman–Crippen MR) is 135 cm³/mol. The highest BCUT2D eigenvalue weighted by atomic mass is 35.5. The van der Waals surface area contributed by atoms with Crippen LogP contribution >= 0.6 is 23.8 Å². The van der Waals surface area contributed by atoms with Gasteiger partial charge in [-0.05, 0) is 56.2 Å². The second kappa shape index (κ2) is 9.54. The maximum Gasteiger partial charge on any atom is 0.175 e. The molecule has 2 heterocycles. The van der Waals surface area contributed by atoms with Crippen molar-refractivity contribution in [3.8, 4) is 0 Å². The lowest BCUT2D eigenvalue weighted by molar-refractivity contribution is 0.659. The van der Waals surface area contributed by atoms with Crippen LogP contribution < -0.4 is 10.6 Å². The average Bonchev–Trinajstić information content (AvgIpc) is 3.28. The van der Waals surface area contributed by atoms with Gasteiger partial charge in [-0.1, -0.05) is 53.6 Å². The summed E-state index contributed by atoms with van der Waals surface area (Å²) >= 11 is 11.6. The molecule has 164 valence electrons. The summed E-state index contributed by atoms with van der Waals surface area (Å²) in [7, 11) is 0. The third-order valence-corrected chi connectivity index (χ3v) is 5.64. The maximum atomic E-state index is 6.07. The molecule has 0 saturated carbocycles. The van der Waals surface area contributed by atoms with Crippen molar-refractivity contribution in [2.24, 2.45) is 0 Å². The molecule has 0 aliphatic carbocycles. The third-order valence-electron chi connectivity index (χ3n) is 5.20. The van der Waals surface area contributed by atoms with Gasteiger partial charge < -0.3 is 10.6 Å². The van der Waals surface area contributed by atoms with Crippen molar-refractivity contribution in [3.05, 3.63) is 94.0 Å². The smallest absolute Gasteiger partial charge is 0.175 e. The molecule has 4 aromatic rings. The van der Waals surface area contributed by atoms with Crippen LogP contribution in [-0.4, -0.2) is 24.7 Å². The number of benzene rings is 2. The summed E-state index contributed by atoms with van der Waals surface area (Å²) in [6.07, 6.45) is 3.66. The van der Waals surface area contributed by atoms with Gasteiger partial charge in [0.15, 0.2) is 5.11 Å². The van der Waals surface area contributed by atoms with Gasteiger partial charge in [-0.3, -0.25) is 9.36 Å². The van der Waals surface area contributed by atoms with E-state index in [2.05, 4.69) is 52.0 Å². The fourth-order valence-corrected chi connectivity index (χ4v) is 3.94. The minimum atomic E-state index is 0.494. The number of aromatic nitrogens is 4. The molecule has 0 amide bonds. The summed E-state index contributed by atoms with van der Waals surface area (Å²) in [6.45, 7) is 7.45. The number of halogens is 1. The summed E-state index contributed by atoms with van der Waals surface area (Å²) in [6, 6.07) is 16.2. The lowest BCUT2D eigenvalue weighted by Gasteiger charge is -2.10. The average molecular weight is 465 g/mol. The fourth-order valence-electron chi connectivity index (χ4n) is 3.51. The number of nitrogens with one attached hydrogen (secondary N) is 2. The third kappa shape index (κ3) is 5.36. The maximum absolute atomic E-state index is 6.07. The van der Waals surface area contributed by atoms with Gasteiger partial charge in [-0.2, -0.15) is 10.2 Å². The molecule has 0 fully saturated rings. The predicted octanol–water partition coefficient (Wildman–Crippen LogP) is 5.56. The van der Waals surface area contributed by atoms with Crippen molar-refractivity contribution >= 4 is 40.3 Å². The summed E-state index contributed by atoms with van der Waals surface area (Å²) < 4.78 is 3.83. The SMILES string of the molecule is Cc1ccc(Cn2nc(C)c(NC(=S)Nc3cnn(Cc4cccc(Cl)c4)c3)c2C)cc1. The van der Waals surface area contributed by atoms with E-state index in [9.17, 15) is 0 Å². The normalized spacial score (nSPS) is 10.9. The molecule has 0 aliphatic heterocycles. The summed E-state index contributed by atoms with van der Waals surface area (Å²) in [5.41, 5.74) is 7.20. The van der Waals surface area contributed by atoms with Crippen molar-refractivity contribution in [2.45, 2.75) is 33.9 Å². The zero-order chi connectivity index (χ0) is 22.7. The summed E-state index contributed by atoms with van der Waals surface area (Å²) in [5, 5.41) is 16.8. The minimum absolute atomic E-state index is 0.494. The summed E-state index contributed by atoms with van der Waals surface area (Å²) in [5.74, 6) is 0. The summed E-state index contributed by atoms with van der Waals surface area (Å²) in [4.78, 5) is 0. The molecule has 0 unspecified atom stereocenters. The van der Waals surface area contributed by atoms with E-state index < -0.39 is 0 Å². The van der Waals surface area contributed by atoms with Gasteiger partial charge >= 0.3 is 0 Å². The van der Waals surface area contributed by atoms with Gasteiger partial charge in [0.2, 0.25) is 0 Å². The van der Waals surface area contributed by atoms with Crippen LogP contribution in [0.15, 0.2) is 60.9 Å². The first-order valence-corrected chi connectivity index (χ1v) is 11.1. The van der Waals surface area contributed by atoms with E-state index in [0.717, 1.165) is 28.3 Å². The molecule has 8 heteroatoms. The van der Waals surface area contributed by atoms with Crippen LogP contribution in [0, 0.1) is 20.8 Å². The Balaban J connectivity index is 1.39. The van der Waals surface area contributed by atoms with Crippen molar-refractivity contribution < 1.29 is 0 Å². The molecule has 0 atom stereocenters. The zero-order valence-corrected chi connectivity index (χ0v) is 19.8. The van der Waals surface area contributed by atoms with Gasteiger partial charge in [0, 0.05) is 11.2 Å². The number of hydrogen-bond donors (Lipinski definition) is 2. The Morgan fingerprint density at radius 1 is 1.00 bits per heavy atom. The number of hydrogen-bond acceptors (Lipinski definition) is 3. The van der Waals surface area contributed by atoms with E-state index in [0.29, 0.717) is 23.2 Å². The monoisotopic (exact) mass is 464 g/mol. The second-order valence-electron chi connectivity index (χ2n) is 7.82. The van der Waals surface area contributed by atoms with Crippen molar-refractivity contribution in [1.82, 2.24) is 19.6 Å². The Labute approximate surface area is 198 Å². The van der Waals surface area contributed by atoms with Gasteiger partial charge in [-0.15, -0.1) is 0 Å². The molecule has 32 heavy (non-hydrogen) atoms. The van der Waals surface area contributed by atoms with Gasteiger partial charge in [0.1, 0.15) is 0 Å². The Bertz CT molecular complexity index is 1240. The molecule has 0 radical (unpaired) electrons. The lowest BCUT2D eigenvalue weighted by atomic mass is 10.1. The number of thiocarbonyl (C=S) groups is 1. The highest BCUT2D eigenvalue weighted by molar-refractivity contribution is 7.80. The molecule has 0 spiro atoms. The first-order chi connectivity index (χ1) is 15.4. The number of nitrogens with zero attached hydrogens (tertiary/aromatic N) is 4. The number of rotatable bonds is 6. The lowest BCUT2D eigenvalue weighted by Crippen LogP contribution is -2.19. The van der Waals surface area contributed by atoms with Crippen LogP contribution in [0.3, 0.4) is 0 Å². The quantitative estimate of drug-likeness (QED) is 0.365.